The quantitative estimate of drug-likeness (QED) is 0.109. The van der Waals surface area contributed by atoms with Gasteiger partial charge in [0.25, 0.3) is 11.8 Å². The van der Waals surface area contributed by atoms with Crippen molar-refractivity contribution in [3.05, 3.63) is 84.3 Å². The van der Waals surface area contributed by atoms with E-state index in [1.54, 1.807) is 18.2 Å². The number of amides is 5. The fourth-order valence-corrected chi connectivity index (χ4v) is 9.26. The number of nitrogens with zero attached hydrogens (tertiary/aromatic N) is 5. The van der Waals surface area contributed by atoms with E-state index < -0.39 is 35.1 Å². The number of piperidine rings is 1. The van der Waals surface area contributed by atoms with Crippen LogP contribution in [0.3, 0.4) is 0 Å². The van der Waals surface area contributed by atoms with Crippen molar-refractivity contribution in [2.75, 3.05) is 32.9 Å². The van der Waals surface area contributed by atoms with Crippen LogP contribution in [0.2, 0.25) is 0 Å². The molecular formula is C46H48N6O8. The topological polar surface area (TPSA) is 162 Å². The van der Waals surface area contributed by atoms with Crippen LogP contribution in [0.4, 0.5) is 0 Å². The molecule has 0 radical (unpaired) electrons. The van der Waals surface area contributed by atoms with Crippen LogP contribution < -0.4 is 14.8 Å². The smallest absolute Gasteiger partial charge is 0.262 e. The second kappa shape index (κ2) is 15.8. The third-order valence-electron chi connectivity index (χ3n) is 13.1. The maximum absolute atomic E-state index is 13.6. The number of hydrogen-bond acceptors (Lipinski definition) is 10. The Morgan fingerprint density at radius 2 is 1.68 bits per heavy atom. The van der Waals surface area contributed by atoms with E-state index in [4.69, 9.17) is 14.2 Å². The summed E-state index contributed by atoms with van der Waals surface area (Å²) in [5.74, 6) is -0.395. The van der Waals surface area contributed by atoms with Gasteiger partial charge in [-0.15, -0.1) is 0 Å². The number of rotatable bonds is 14. The van der Waals surface area contributed by atoms with Crippen LogP contribution in [-0.2, 0) is 26.2 Å². The number of fused-ring (bicyclic) bond motifs is 4. The number of aromatic nitrogens is 3. The van der Waals surface area contributed by atoms with Gasteiger partial charge in [0.2, 0.25) is 23.6 Å². The number of nitrogens with one attached hydrogen (secondary N) is 1. The van der Waals surface area contributed by atoms with Crippen LogP contribution in [0.15, 0.2) is 73.2 Å². The summed E-state index contributed by atoms with van der Waals surface area (Å²) in [7, 11) is 2.07. The fraction of sp³-hybridized carbons (Fsp3) is 0.413. The van der Waals surface area contributed by atoms with Gasteiger partial charge in [0, 0.05) is 78.6 Å². The molecule has 2 unspecified atom stereocenters. The predicted octanol–water partition coefficient (Wildman–Crippen LogP) is 5.71. The number of carbonyl (C=O) groups excluding carboxylic acids is 5. The molecule has 4 aliphatic rings. The molecule has 310 valence electrons. The van der Waals surface area contributed by atoms with E-state index in [1.807, 2.05) is 41.7 Å². The second-order valence-corrected chi connectivity index (χ2v) is 16.8. The first kappa shape index (κ1) is 39.3. The zero-order valence-electron chi connectivity index (χ0n) is 34.0. The average Bonchev–Trinajstić information content (AvgIpc) is 3.66. The Kier molecular flexibility index (Phi) is 10.3. The lowest BCUT2D eigenvalue weighted by atomic mass is 9.54. The van der Waals surface area contributed by atoms with Gasteiger partial charge >= 0.3 is 0 Å². The third kappa shape index (κ3) is 7.06. The number of ether oxygens (including phenoxy) is 3. The highest BCUT2D eigenvalue weighted by molar-refractivity contribution is 6.23. The Balaban J connectivity index is 0.660. The Bertz CT molecular complexity index is 2530. The SMILES string of the molecule is C[C@@H]1C(COCCCCCOc2ccc3c(c2)C(=O)N(C2CCC(=O)NC2=O)C3=O)C[C@@]1(C)C(=O)N1CC(Oc2ccc(-c3ccc4c5cnccc5n(C)c4c3)cn2)C1. The van der Waals surface area contributed by atoms with Gasteiger partial charge in [0.05, 0.1) is 36.3 Å². The molecule has 0 spiro atoms. The molecule has 3 fully saturated rings. The summed E-state index contributed by atoms with van der Waals surface area (Å²) in [5, 5.41) is 4.51. The standard InChI is InChI=1S/C46H48N6O8/c1-27-30(26-58-17-5-4-6-18-59-31-9-11-34-35(20-31)44(56)52(43(34)55)38-12-13-40(53)49-42(38)54)21-46(27,2)45(57)51-24-32(25-51)60-41-14-8-29(22-48-41)28-7-10-33-36-23-47-16-15-37(36)50(3)39(33)19-28/h7-11,14-16,19-20,22-23,27,30,32,38H,4-6,12-13,17-18,21,24-26H2,1-3H3,(H,49,53,54)/t27-,30?,38?,46-/m1/s1. The van der Waals surface area contributed by atoms with Crippen molar-refractivity contribution in [2.45, 2.75) is 64.5 Å². The predicted molar refractivity (Wildman–Crippen MR) is 221 cm³/mol. The van der Waals surface area contributed by atoms with Gasteiger partial charge in [-0.3, -0.25) is 39.2 Å². The first-order valence-corrected chi connectivity index (χ1v) is 20.8. The highest BCUT2D eigenvalue weighted by Crippen LogP contribution is 2.52. The molecule has 5 amide bonds. The number of hydrogen-bond donors (Lipinski definition) is 1. The van der Waals surface area contributed by atoms with Gasteiger partial charge in [-0.25, -0.2) is 4.98 Å². The number of imide groups is 2. The van der Waals surface area contributed by atoms with E-state index in [2.05, 4.69) is 58.9 Å². The van der Waals surface area contributed by atoms with E-state index in [0.717, 1.165) is 58.1 Å². The summed E-state index contributed by atoms with van der Waals surface area (Å²) in [4.78, 5) is 75.1. The molecule has 6 heterocycles. The van der Waals surface area contributed by atoms with Crippen molar-refractivity contribution in [1.29, 1.82) is 0 Å². The first-order chi connectivity index (χ1) is 29.0. The van der Waals surface area contributed by atoms with Gasteiger partial charge in [-0.05, 0) is 85.9 Å². The van der Waals surface area contributed by atoms with Crippen LogP contribution in [0.25, 0.3) is 32.9 Å². The summed E-state index contributed by atoms with van der Waals surface area (Å²) >= 11 is 0. The first-order valence-electron chi connectivity index (χ1n) is 20.8. The molecule has 1 N–H and O–H groups in total. The Hall–Kier alpha value is -6.15. The molecule has 5 aromatic rings. The highest BCUT2D eigenvalue weighted by Gasteiger charge is 2.55. The molecular weight excluding hydrogens is 765 g/mol. The summed E-state index contributed by atoms with van der Waals surface area (Å²) in [6.45, 7) is 7.00. The van der Waals surface area contributed by atoms with Crippen molar-refractivity contribution in [2.24, 2.45) is 24.3 Å². The largest absolute Gasteiger partial charge is 0.494 e. The van der Waals surface area contributed by atoms with Crippen molar-refractivity contribution in [1.82, 2.24) is 29.7 Å². The van der Waals surface area contributed by atoms with Crippen LogP contribution >= 0.6 is 0 Å². The molecule has 3 aliphatic heterocycles. The summed E-state index contributed by atoms with van der Waals surface area (Å²) in [5.41, 5.74) is 4.38. The van der Waals surface area contributed by atoms with Gasteiger partial charge in [0.15, 0.2) is 0 Å². The van der Waals surface area contributed by atoms with Crippen LogP contribution in [-0.4, -0.2) is 98.9 Å². The molecule has 9 rings (SSSR count). The maximum atomic E-state index is 13.6. The normalized spacial score (nSPS) is 22.8. The number of pyridine rings is 2. The number of benzene rings is 2. The highest BCUT2D eigenvalue weighted by atomic mass is 16.5. The Labute approximate surface area is 347 Å². The Morgan fingerprint density at radius 1 is 0.883 bits per heavy atom. The molecule has 0 bridgehead atoms. The van der Waals surface area contributed by atoms with Gasteiger partial charge in [-0.2, -0.15) is 0 Å². The monoisotopic (exact) mass is 812 g/mol. The molecule has 60 heavy (non-hydrogen) atoms. The van der Waals surface area contributed by atoms with Crippen molar-refractivity contribution >= 4 is 51.3 Å². The minimum Gasteiger partial charge on any atom is -0.494 e. The second-order valence-electron chi connectivity index (χ2n) is 16.8. The maximum Gasteiger partial charge on any atom is 0.262 e. The van der Waals surface area contributed by atoms with Crippen LogP contribution in [0.1, 0.15) is 73.1 Å². The molecule has 1 saturated carbocycles. The third-order valence-corrected chi connectivity index (χ3v) is 13.1. The zero-order chi connectivity index (χ0) is 41.7. The molecule has 2 saturated heterocycles. The van der Waals surface area contributed by atoms with E-state index in [0.29, 0.717) is 50.5 Å². The average molecular weight is 813 g/mol. The summed E-state index contributed by atoms with van der Waals surface area (Å²) in [6.07, 6.45) is 9.00. The summed E-state index contributed by atoms with van der Waals surface area (Å²) in [6, 6.07) is 16.1. The van der Waals surface area contributed by atoms with E-state index in [-0.39, 0.29) is 41.9 Å². The lowest BCUT2D eigenvalue weighted by molar-refractivity contribution is -0.169. The zero-order valence-corrected chi connectivity index (χ0v) is 34.0. The van der Waals surface area contributed by atoms with Crippen molar-refractivity contribution in [3.8, 4) is 22.8 Å². The number of carbonyl (C=O) groups is 5. The van der Waals surface area contributed by atoms with Gasteiger partial charge in [-0.1, -0.05) is 26.0 Å². The van der Waals surface area contributed by atoms with Crippen molar-refractivity contribution in [3.63, 3.8) is 0 Å². The fourth-order valence-electron chi connectivity index (χ4n) is 9.26. The molecule has 1 aliphatic carbocycles. The van der Waals surface area contributed by atoms with E-state index in [1.165, 1.54) is 5.39 Å². The Morgan fingerprint density at radius 3 is 2.47 bits per heavy atom. The van der Waals surface area contributed by atoms with Gasteiger partial charge in [0.1, 0.15) is 17.9 Å². The van der Waals surface area contributed by atoms with E-state index >= 15 is 0 Å². The number of unbranched alkanes of at least 4 members (excludes halogenated alkanes) is 2. The lowest BCUT2D eigenvalue weighted by Crippen LogP contribution is -2.64. The molecule has 4 atom stereocenters. The lowest BCUT2D eigenvalue weighted by Gasteiger charge is -2.54. The molecule has 3 aromatic heterocycles. The molecule has 2 aromatic carbocycles. The molecule has 14 heteroatoms. The minimum absolute atomic E-state index is 0.0717. The molecule has 14 nitrogen and oxygen atoms in total. The minimum atomic E-state index is -1.00. The number of likely N-dealkylation sites (tertiary alicyclic amines) is 1. The van der Waals surface area contributed by atoms with Crippen LogP contribution in [0.5, 0.6) is 11.6 Å². The summed E-state index contributed by atoms with van der Waals surface area (Å²) < 4.78 is 20.2. The van der Waals surface area contributed by atoms with E-state index in [9.17, 15) is 24.0 Å². The number of aryl methyl sites for hydroxylation is 1. The van der Waals surface area contributed by atoms with Crippen molar-refractivity contribution < 1.29 is 38.2 Å². The van der Waals surface area contributed by atoms with Crippen LogP contribution in [0, 0.1) is 17.3 Å². The van der Waals surface area contributed by atoms with Gasteiger partial charge < -0.3 is 23.7 Å².